The van der Waals surface area contributed by atoms with Crippen LogP contribution in [0.25, 0.3) is 33.2 Å². The molecule has 0 saturated carbocycles. The molecule has 0 radical (unpaired) electrons. The van der Waals surface area contributed by atoms with E-state index in [1.165, 1.54) is 0 Å². The van der Waals surface area contributed by atoms with Gasteiger partial charge in [0.25, 0.3) is 5.56 Å². The van der Waals surface area contributed by atoms with Gasteiger partial charge in [-0.2, -0.15) is 0 Å². The second-order valence-corrected chi connectivity index (χ2v) is 6.05. The minimum Gasteiger partial charge on any atom is -0.308 e. The fraction of sp³-hybridized carbons (Fsp3) is 0.0870. The van der Waals surface area contributed by atoms with Gasteiger partial charge in [-0.1, -0.05) is 78.9 Å². The Morgan fingerprint density at radius 3 is 1.80 bits per heavy atom. The summed E-state index contributed by atoms with van der Waals surface area (Å²) in [6.45, 7) is 2.67. The van der Waals surface area contributed by atoms with Gasteiger partial charge >= 0.3 is 0 Å². The van der Waals surface area contributed by atoms with Crippen LogP contribution in [0.4, 0.5) is 0 Å². The number of hydrogen-bond donors (Lipinski definition) is 0. The van der Waals surface area contributed by atoms with Crippen LogP contribution in [0, 0.1) is 0 Å². The SMILES string of the molecule is CCn1c(=O)c(-c2ccccc2)c(-c2ccccc2)c2ccccc21. The van der Waals surface area contributed by atoms with Crippen molar-refractivity contribution in [2.24, 2.45) is 0 Å². The molecule has 0 amide bonds. The van der Waals surface area contributed by atoms with Crippen molar-refractivity contribution in [1.82, 2.24) is 4.57 Å². The Morgan fingerprint density at radius 1 is 0.680 bits per heavy atom. The molecule has 0 bridgehead atoms. The van der Waals surface area contributed by atoms with Crippen molar-refractivity contribution in [2.45, 2.75) is 13.5 Å². The minimum absolute atomic E-state index is 0.0613. The fourth-order valence-corrected chi connectivity index (χ4v) is 3.50. The van der Waals surface area contributed by atoms with E-state index in [-0.39, 0.29) is 5.56 Å². The van der Waals surface area contributed by atoms with Gasteiger partial charge in [0, 0.05) is 17.5 Å². The Kier molecular flexibility index (Phi) is 3.95. The van der Waals surface area contributed by atoms with E-state index in [0.717, 1.165) is 33.2 Å². The Hall–Kier alpha value is -3.13. The molecule has 0 aliphatic carbocycles. The topological polar surface area (TPSA) is 22.0 Å². The molecule has 4 rings (SSSR count). The van der Waals surface area contributed by atoms with E-state index in [4.69, 9.17) is 0 Å². The highest BCUT2D eigenvalue weighted by Crippen LogP contribution is 2.35. The lowest BCUT2D eigenvalue weighted by atomic mass is 9.92. The molecule has 2 nitrogen and oxygen atoms in total. The van der Waals surface area contributed by atoms with E-state index < -0.39 is 0 Å². The molecule has 0 atom stereocenters. The average molecular weight is 325 g/mol. The monoisotopic (exact) mass is 325 g/mol. The molecule has 1 aromatic heterocycles. The molecule has 0 fully saturated rings. The van der Waals surface area contributed by atoms with Crippen LogP contribution in [-0.2, 0) is 6.54 Å². The Bertz CT molecular complexity index is 1080. The average Bonchev–Trinajstić information content (AvgIpc) is 2.68. The lowest BCUT2D eigenvalue weighted by molar-refractivity contribution is 0.762. The molecule has 0 N–H and O–H groups in total. The lowest BCUT2D eigenvalue weighted by Gasteiger charge is -2.17. The van der Waals surface area contributed by atoms with Crippen molar-refractivity contribution in [2.75, 3.05) is 0 Å². The summed E-state index contributed by atoms with van der Waals surface area (Å²) in [6.07, 6.45) is 0. The third kappa shape index (κ3) is 2.56. The highest BCUT2D eigenvalue weighted by Gasteiger charge is 2.18. The summed E-state index contributed by atoms with van der Waals surface area (Å²) in [5, 5.41) is 1.11. The first-order valence-electron chi connectivity index (χ1n) is 8.57. The molecule has 0 saturated heterocycles. The maximum atomic E-state index is 13.4. The highest BCUT2D eigenvalue weighted by molar-refractivity contribution is 6.02. The van der Waals surface area contributed by atoms with Gasteiger partial charge in [-0.05, 0) is 24.1 Å². The smallest absolute Gasteiger partial charge is 0.259 e. The molecular weight excluding hydrogens is 306 g/mol. The summed E-state index contributed by atoms with van der Waals surface area (Å²) in [6, 6.07) is 28.3. The molecule has 0 aliphatic rings. The maximum absolute atomic E-state index is 13.4. The maximum Gasteiger partial charge on any atom is 0.259 e. The quantitative estimate of drug-likeness (QED) is 0.497. The zero-order chi connectivity index (χ0) is 17.2. The zero-order valence-electron chi connectivity index (χ0n) is 14.1. The first-order chi connectivity index (χ1) is 12.3. The number of pyridine rings is 1. The van der Waals surface area contributed by atoms with E-state index in [0.29, 0.717) is 6.54 Å². The molecule has 25 heavy (non-hydrogen) atoms. The highest BCUT2D eigenvalue weighted by atomic mass is 16.1. The van der Waals surface area contributed by atoms with Crippen LogP contribution in [0.15, 0.2) is 89.7 Å². The lowest BCUT2D eigenvalue weighted by Crippen LogP contribution is -2.22. The summed E-state index contributed by atoms with van der Waals surface area (Å²) in [7, 11) is 0. The van der Waals surface area contributed by atoms with Crippen LogP contribution in [0.3, 0.4) is 0 Å². The summed E-state index contributed by atoms with van der Waals surface area (Å²) in [5.74, 6) is 0. The van der Waals surface area contributed by atoms with Crippen LogP contribution in [0.2, 0.25) is 0 Å². The van der Waals surface area contributed by atoms with E-state index in [1.807, 2.05) is 78.2 Å². The fourth-order valence-electron chi connectivity index (χ4n) is 3.50. The van der Waals surface area contributed by atoms with Crippen LogP contribution in [0.5, 0.6) is 0 Å². The van der Waals surface area contributed by atoms with Gasteiger partial charge in [0.2, 0.25) is 0 Å². The summed E-state index contributed by atoms with van der Waals surface area (Å²) in [4.78, 5) is 13.4. The number of aromatic nitrogens is 1. The Balaban J connectivity index is 2.23. The van der Waals surface area contributed by atoms with E-state index in [1.54, 1.807) is 0 Å². The number of rotatable bonds is 3. The number of nitrogens with zero attached hydrogens (tertiary/aromatic N) is 1. The number of fused-ring (bicyclic) bond motifs is 1. The van der Waals surface area contributed by atoms with Gasteiger partial charge in [0.05, 0.1) is 11.1 Å². The van der Waals surface area contributed by atoms with Gasteiger partial charge < -0.3 is 4.57 Å². The van der Waals surface area contributed by atoms with Crippen molar-refractivity contribution in [3.05, 3.63) is 95.3 Å². The second kappa shape index (κ2) is 6.40. The van der Waals surface area contributed by atoms with Gasteiger partial charge in [-0.25, -0.2) is 0 Å². The van der Waals surface area contributed by atoms with E-state index in [9.17, 15) is 4.79 Å². The molecule has 0 unspecified atom stereocenters. The molecule has 0 spiro atoms. The molecule has 2 heteroatoms. The van der Waals surface area contributed by atoms with Crippen LogP contribution < -0.4 is 5.56 Å². The first-order valence-corrected chi connectivity index (χ1v) is 8.57. The number of hydrogen-bond acceptors (Lipinski definition) is 1. The van der Waals surface area contributed by atoms with Crippen LogP contribution in [0.1, 0.15) is 6.92 Å². The van der Waals surface area contributed by atoms with Gasteiger partial charge in [-0.3, -0.25) is 4.79 Å². The molecule has 122 valence electrons. The van der Waals surface area contributed by atoms with Gasteiger partial charge in [0.15, 0.2) is 0 Å². The van der Waals surface area contributed by atoms with E-state index >= 15 is 0 Å². The minimum atomic E-state index is 0.0613. The van der Waals surface area contributed by atoms with Crippen LogP contribution >= 0.6 is 0 Å². The second-order valence-electron chi connectivity index (χ2n) is 6.05. The first kappa shape index (κ1) is 15.4. The molecular formula is C23H19NO. The predicted molar refractivity (Wildman–Crippen MR) is 105 cm³/mol. The molecule has 3 aromatic carbocycles. The summed E-state index contributed by atoms with van der Waals surface area (Å²) < 4.78 is 1.87. The van der Waals surface area contributed by atoms with Crippen molar-refractivity contribution in [3.8, 4) is 22.3 Å². The molecule has 0 aliphatic heterocycles. The normalized spacial score (nSPS) is 10.9. The third-order valence-electron chi connectivity index (χ3n) is 4.61. The van der Waals surface area contributed by atoms with Crippen molar-refractivity contribution >= 4 is 10.9 Å². The largest absolute Gasteiger partial charge is 0.308 e. The molecule has 4 aromatic rings. The number of aryl methyl sites for hydroxylation is 1. The summed E-state index contributed by atoms with van der Waals surface area (Å²) in [5.41, 5.74) is 4.85. The standard InChI is InChI=1S/C23H19NO/c1-2-24-20-16-10-9-15-19(20)21(17-11-5-3-6-12-17)22(23(24)25)18-13-7-4-8-14-18/h3-16H,2H2,1H3. The Morgan fingerprint density at radius 2 is 1.20 bits per heavy atom. The Labute approximate surface area is 147 Å². The van der Waals surface area contributed by atoms with Crippen molar-refractivity contribution in [1.29, 1.82) is 0 Å². The van der Waals surface area contributed by atoms with Gasteiger partial charge in [-0.15, -0.1) is 0 Å². The predicted octanol–water partition coefficient (Wildman–Crippen LogP) is 5.36. The zero-order valence-corrected chi connectivity index (χ0v) is 14.1. The third-order valence-corrected chi connectivity index (χ3v) is 4.61. The number of benzene rings is 3. The van der Waals surface area contributed by atoms with Gasteiger partial charge in [0.1, 0.15) is 0 Å². The van der Waals surface area contributed by atoms with Crippen LogP contribution in [-0.4, -0.2) is 4.57 Å². The van der Waals surface area contributed by atoms with E-state index in [2.05, 4.69) is 18.2 Å². The van der Waals surface area contributed by atoms with Crippen molar-refractivity contribution < 1.29 is 0 Å². The number of para-hydroxylation sites is 1. The molecule has 1 heterocycles. The van der Waals surface area contributed by atoms with Crippen molar-refractivity contribution in [3.63, 3.8) is 0 Å². The summed E-state index contributed by atoms with van der Waals surface area (Å²) >= 11 is 0.